The van der Waals surface area contributed by atoms with E-state index in [1.807, 2.05) is 43.3 Å². The Hall–Kier alpha value is -2.24. The van der Waals surface area contributed by atoms with Crippen LogP contribution >= 0.6 is 15.9 Å². The first-order valence-electron chi connectivity index (χ1n) is 5.57. The molecule has 0 N–H and O–H groups in total. The van der Waals surface area contributed by atoms with Crippen LogP contribution in [-0.4, -0.2) is 11.4 Å². The maximum atomic E-state index is 9.09. The monoisotopic (exact) mass is 312 g/mol. The van der Waals surface area contributed by atoms with Gasteiger partial charge in [0.15, 0.2) is 11.4 Å². The molecular weight excluding hydrogens is 304 g/mol. The largest absolute Gasteiger partial charge is 0.244 e. The summed E-state index contributed by atoms with van der Waals surface area (Å²) in [4.78, 5) is 8.43. The fourth-order valence-corrected chi connectivity index (χ4v) is 2.27. The van der Waals surface area contributed by atoms with Crippen molar-refractivity contribution in [2.75, 3.05) is 0 Å². The minimum atomic E-state index is 0.0603. The Balaban J connectivity index is 2.62. The molecule has 0 radical (unpaired) electrons. The minimum absolute atomic E-state index is 0.0603. The molecular formula is C14H9BrN4. The van der Waals surface area contributed by atoms with Gasteiger partial charge in [-0.05, 0) is 13.0 Å². The quantitative estimate of drug-likeness (QED) is 0.797. The minimum Gasteiger partial charge on any atom is -0.244 e. The third-order valence-corrected chi connectivity index (χ3v) is 3.29. The Kier molecular flexibility index (Phi) is 3.89. The second-order valence-electron chi connectivity index (χ2n) is 3.98. The van der Waals surface area contributed by atoms with Gasteiger partial charge in [0.05, 0.1) is 5.71 Å². The van der Waals surface area contributed by atoms with Crippen molar-refractivity contribution in [2.45, 2.75) is 13.3 Å². The molecule has 0 saturated carbocycles. The van der Waals surface area contributed by atoms with Crippen LogP contribution in [0, 0.1) is 22.7 Å². The van der Waals surface area contributed by atoms with Gasteiger partial charge in [0.2, 0.25) is 0 Å². The molecule has 1 aliphatic heterocycles. The van der Waals surface area contributed by atoms with E-state index < -0.39 is 0 Å². The van der Waals surface area contributed by atoms with Crippen LogP contribution in [0.5, 0.6) is 0 Å². The summed E-state index contributed by atoms with van der Waals surface area (Å²) < 4.78 is 0.902. The third-order valence-electron chi connectivity index (χ3n) is 2.59. The highest BCUT2D eigenvalue weighted by Gasteiger charge is 2.16. The van der Waals surface area contributed by atoms with Crippen molar-refractivity contribution in [1.82, 2.24) is 0 Å². The molecule has 1 aromatic carbocycles. The molecule has 0 aromatic heterocycles. The van der Waals surface area contributed by atoms with Gasteiger partial charge in [-0.3, -0.25) is 0 Å². The van der Waals surface area contributed by atoms with E-state index >= 15 is 0 Å². The van der Waals surface area contributed by atoms with Gasteiger partial charge in [0.1, 0.15) is 12.1 Å². The number of hydrogen-bond acceptors (Lipinski definition) is 4. The summed E-state index contributed by atoms with van der Waals surface area (Å²) >= 11 is 3.47. The molecule has 1 heterocycles. The third kappa shape index (κ3) is 2.78. The zero-order chi connectivity index (χ0) is 13.8. The van der Waals surface area contributed by atoms with Crippen molar-refractivity contribution in [3.63, 3.8) is 0 Å². The second kappa shape index (κ2) is 5.60. The van der Waals surface area contributed by atoms with Gasteiger partial charge in [-0.2, -0.15) is 10.5 Å². The molecule has 5 heteroatoms. The molecule has 2 rings (SSSR count). The lowest BCUT2D eigenvalue weighted by Crippen LogP contribution is -2.06. The predicted octanol–water partition coefficient (Wildman–Crippen LogP) is 3.36. The second-order valence-corrected chi connectivity index (χ2v) is 4.84. The smallest absolute Gasteiger partial charge is 0.177 e. The summed E-state index contributed by atoms with van der Waals surface area (Å²) in [7, 11) is 0. The van der Waals surface area contributed by atoms with Gasteiger partial charge in [-0.25, -0.2) is 9.98 Å². The Morgan fingerprint density at radius 2 is 1.74 bits per heavy atom. The van der Waals surface area contributed by atoms with Crippen molar-refractivity contribution in [2.24, 2.45) is 9.98 Å². The Morgan fingerprint density at radius 1 is 1.11 bits per heavy atom. The van der Waals surface area contributed by atoms with Crippen LogP contribution in [0.1, 0.15) is 18.9 Å². The van der Waals surface area contributed by atoms with Gasteiger partial charge >= 0.3 is 0 Å². The van der Waals surface area contributed by atoms with E-state index in [0.717, 1.165) is 21.5 Å². The van der Waals surface area contributed by atoms with E-state index in [-0.39, 0.29) is 11.4 Å². The van der Waals surface area contributed by atoms with Gasteiger partial charge in [-0.15, -0.1) is 0 Å². The number of nitriles is 2. The van der Waals surface area contributed by atoms with E-state index in [1.165, 1.54) is 0 Å². The average molecular weight is 313 g/mol. The van der Waals surface area contributed by atoms with E-state index in [0.29, 0.717) is 6.42 Å². The average Bonchev–Trinajstić information content (AvgIpc) is 2.57. The summed E-state index contributed by atoms with van der Waals surface area (Å²) in [6, 6.07) is 11.5. The topological polar surface area (TPSA) is 72.3 Å². The van der Waals surface area contributed by atoms with Crippen molar-refractivity contribution in [3.8, 4) is 12.1 Å². The fourth-order valence-electron chi connectivity index (χ4n) is 1.76. The van der Waals surface area contributed by atoms with E-state index in [2.05, 4.69) is 25.9 Å². The lowest BCUT2D eigenvalue weighted by molar-refractivity contribution is 1.27. The van der Waals surface area contributed by atoms with Gasteiger partial charge in [0, 0.05) is 22.2 Å². The first-order chi connectivity index (χ1) is 9.15. The van der Waals surface area contributed by atoms with Crippen LogP contribution in [0.15, 0.2) is 50.1 Å². The first-order valence-corrected chi connectivity index (χ1v) is 6.36. The molecule has 0 aliphatic carbocycles. The molecule has 0 atom stereocenters. The van der Waals surface area contributed by atoms with Crippen molar-refractivity contribution < 1.29 is 0 Å². The fraction of sp³-hybridized carbons (Fsp3) is 0.143. The van der Waals surface area contributed by atoms with Gasteiger partial charge < -0.3 is 0 Å². The molecule has 1 aromatic rings. The number of allylic oxidation sites excluding steroid dienone is 2. The van der Waals surface area contributed by atoms with Crippen LogP contribution in [0.2, 0.25) is 0 Å². The zero-order valence-corrected chi connectivity index (χ0v) is 11.8. The molecule has 0 fully saturated rings. The first kappa shape index (κ1) is 13.2. The van der Waals surface area contributed by atoms with Gasteiger partial charge in [0.25, 0.3) is 0 Å². The normalized spacial score (nSPS) is 14.9. The van der Waals surface area contributed by atoms with Crippen LogP contribution < -0.4 is 0 Å². The van der Waals surface area contributed by atoms with Crippen molar-refractivity contribution in [3.05, 3.63) is 45.7 Å². The van der Waals surface area contributed by atoms with E-state index in [9.17, 15) is 0 Å². The maximum absolute atomic E-state index is 9.09. The Bertz CT molecular complexity index is 699. The van der Waals surface area contributed by atoms with Crippen LogP contribution in [0.25, 0.3) is 0 Å². The summed E-state index contributed by atoms with van der Waals surface area (Å²) in [5.74, 6) is 0. The number of nitrogens with zero attached hydrogens (tertiary/aromatic N) is 4. The summed E-state index contributed by atoms with van der Waals surface area (Å²) in [5, 5.41) is 18.1. The maximum Gasteiger partial charge on any atom is 0.177 e. The van der Waals surface area contributed by atoms with E-state index in [1.54, 1.807) is 0 Å². The predicted molar refractivity (Wildman–Crippen MR) is 76.7 cm³/mol. The van der Waals surface area contributed by atoms with Crippen molar-refractivity contribution >= 4 is 27.4 Å². The molecule has 0 unspecified atom stereocenters. The molecule has 19 heavy (non-hydrogen) atoms. The Labute approximate surface area is 119 Å². The highest BCUT2D eigenvalue weighted by Crippen LogP contribution is 2.22. The number of rotatable bonds is 1. The molecule has 1 aliphatic rings. The van der Waals surface area contributed by atoms with Gasteiger partial charge in [-0.1, -0.05) is 34.1 Å². The molecule has 4 nitrogen and oxygen atoms in total. The van der Waals surface area contributed by atoms with E-state index in [4.69, 9.17) is 10.5 Å². The summed E-state index contributed by atoms with van der Waals surface area (Å²) in [5.41, 5.74) is 2.53. The van der Waals surface area contributed by atoms with Crippen LogP contribution in [-0.2, 0) is 0 Å². The molecule has 0 amide bonds. The lowest BCUT2D eigenvalue weighted by atomic mass is 10.1. The number of halogens is 1. The highest BCUT2D eigenvalue weighted by molar-refractivity contribution is 9.10. The molecule has 0 spiro atoms. The summed E-state index contributed by atoms with van der Waals surface area (Å²) in [6.45, 7) is 1.82. The van der Waals surface area contributed by atoms with Crippen molar-refractivity contribution in [1.29, 1.82) is 10.5 Å². The highest BCUT2D eigenvalue weighted by atomic mass is 79.9. The zero-order valence-electron chi connectivity index (χ0n) is 10.2. The molecule has 0 bridgehead atoms. The number of aliphatic imine (C=N–C) groups is 2. The lowest BCUT2D eigenvalue weighted by Gasteiger charge is -2.06. The number of benzene rings is 1. The van der Waals surface area contributed by atoms with Crippen LogP contribution in [0.4, 0.5) is 0 Å². The standard InChI is InChI=1S/C14H9BrN4/c1-9-6-12(10-4-2-3-5-11(10)15)19-14(8-17)13(7-16)18-9/h2-5H,6H2,1H3. The summed E-state index contributed by atoms with van der Waals surface area (Å²) in [6.07, 6.45) is 0.513. The van der Waals surface area contributed by atoms with Crippen LogP contribution in [0.3, 0.4) is 0 Å². The molecule has 92 valence electrons. The Morgan fingerprint density at radius 3 is 2.37 bits per heavy atom. The SMILES string of the molecule is CC1=NC(C#N)=C(C#N)N=C(c2ccccc2Br)C1. The number of hydrogen-bond donors (Lipinski definition) is 0. The molecule has 0 saturated heterocycles.